The molecule has 6 nitrogen and oxygen atoms in total. The van der Waals surface area contributed by atoms with Crippen LogP contribution in [0.25, 0.3) is 0 Å². The monoisotopic (exact) mass is 342 g/mol. The van der Waals surface area contributed by atoms with Gasteiger partial charge in [0.25, 0.3) is 5.91 Å². The minimum absolute atomic E-state index is 0.0371. The lowest BCUT2D eigenvalue weighted by atomic mass is 10.1. The third kappa shape index (κ3) is 5.04. The van der Waals surface area contributed by atoms with Crippen LogP contribution in [0.3, 0.4) is 0 Å². The first-order valence-corrected chi connectivity index (χ1v) is 8.22. The predicted octanol–water partition coefficient (Wildman–Crippen LogP) is 3.56. The van der Waals surface area contributed by atoms with E-state index in [4.69, 9.17) is 0 Å². The number of pyridine rings is 1. The van der Waals surface area contributed by atoms with Gasteiger partial charge in [0.15, 0.2) is 0 Å². The Morgan fingerprint density at radius 1 is 1.20 bits per heavy atom. The molecule has 2 rings (SSSR count). The number of rotatable bonds is 7. The van der Waals surface area contributed by atoms with Gasteiger partial charge in [-0.1, -0.05) is 25.8 Å². The molecule has 0 bridgehead atoms. The lowest BCUT2D eigenvalue weighted by Gasteiger charge is -2.08. The Hall–Kier alpha value is -2.89. The highest BCUT2D eigenvalue weighted by Crippen LogP contribution is 2.23. The van der Waals surface area contributed by atoms with Gasteiger partial charge >= 0.3 is 5.97 Å². The largest absolute Gasteiger partial charge is 0.507 e. The number of benzene rings is 1. The van der Waals surface area contributed by atoms with E-state index in [1.807, 2.05) is 6.07 Å². The normalized spacial score (nSPS) is 10.3. The standard InChI is InChI=1S/C19H22N2O4/c1-3-4-5-6-13-7-10-16(20-12-13)18(23)21-14-8-9-15(17(22)11-14)19(24)25-2/h7-12,22H,3-6H2,1-2H3,(H,21,23). The fourth-order valence-corrected chi connectivity index (χ4v) is 2.37. The molecule has 6 heteroatoms. The first kappa shape index (κ1) is 18.4. The van der Waals surface area contributed by atoms with E-state index in [1.165, 1.54) is 31.7 Å². The summed E-state index contributed by atoms with van der Waals surface area (Å²) < 4.78 is 4.56. The number of aromatic nitrogens is 1. The van der Waals surface area contributed by atoms with E-state index in [0.717, 1.165) is 24.8 Å². The summed E-state index contributed by atoms with van der Waals surface area (Å²) in [4.78, 5) is 27.8. The van der Waals surface area contributed by atoms with Crippen LogP contribution >= 0.6 is 0 Å². The second-order valence-electron chi connectivity index (χ2n) is 5.69. The first-order chi connectivity index (χ1) is 12.0. The molecule has 2 N–H and O–H groups in total. The summed E-state index contributed by atoms with van der Waals surface area (Å²) in [6.07, 6.45) is 6.10. The third-order valence-electron chi connectivity index (χ3n) is 3.79. The Morgan fingerprint density at radius 3 is 2.60 bits per heavy atom. The molecule has 1 heterocycles. The molecule has 1 aromatic heterocycles. The summed E-state index contributed by atoms with van der Waals surface area (Å²) in [5.74, 6) is -1.29. The van der Waals surface area contributed by atoms with E-state index in [0.29, 0.717) is 5.69 Å². The number of hydrogen-bond donors (Lipinski definition) is 2. The van der Waals surface area contributed by atoms with Gasteiger partial charge in [0.05, 0.1) is 7.11 Å². The summed E-state index contributed by atoms with van der Waals surface area (Å²) >= 11 is 0. The van der Waals surface area contributed by atoms with Crippen molar-refractivity contribution in [2.45, 2.75) is 32.6 Å². The van der Waals surface area contributed by atoms with Crippen LogP contribution in [0, 0.1) is 0 Å². The molecule has 0 spiro atoms. The van der Waals surface area contributed by atoms with Crippen LogP contribution in [0.2, 0.25) is 0 Å². The fraction of sp³-hybridized carbons (Fsp3) is 0.316. The molecule has 132 valence electrons. The number of anilines is 1. The topological polar surface area (TPSA) is 88.5 Å². The molecule has 0 saturated heterocycles. The van der Waals surface area contributed by atoms with Crippen LogP contribution in [0.1, 0.15) is 52.6 Å². The molecule has 1 aromatic carbocycles. The number of nitrogens with zero attached hydrogens (tertiary/aromatic N) is 1. The molecule has 0 unspecified atom stereocenters. The molecule has 0 fully saturated rings. The molecule has 1 amide bonds. The van der Waals surface area contributed by atoms with E-state index >= 15 is 0 Å². The van der Waals surface area contributed by atoms with Crippen molar-refractivity contribution < 1.29 is 19.4 Å². The van der Waals surface area contributed by atoms with E-state index in [9.17, 15) is 14.7 Å². The Bertz CT molecular complexity index is 742. The maximum atomic E-state index is 12.2. The molecule has 2 aromatic rings. The van der Waals surface area contributed by atoms with Crippen LogP contribution in [0.4, 0.5) is 5.69 Å². The zero-order chi connectivity index (χ0) is 18.2. The molecule has 0 aliphatic rings. The molecule has 0 atom stereocenters. The predicted molar refractivity (Wildman–Crippen MR) is 94.9 cm³/mol. The van der Waals surface area contributed by atoms with Gasteiger partial charge in [-0.2, -0.15) is 0 Å². The van der Waals surface area contributed by atoms with Crippen LogP contribution in [0.5, 0.6) is 5.75 Å². The number of amides is 1. The van der Waals surface area contributed by atoms with Crippen LogP contribution in [-0.4, -0.2) is 29.1 Å². The number of hydrogen-bond acceptors (Lipinski definition) is 5. The fourth-order valence-electron chi connectivity index (χ4n) is 2.37. The minimum Gasteiger partial charge on any atom is -0.507 e. The van der Waals surface area contributed by atoms with Crippen molar-refractivity contribution in [3.63, 3.8) is 0 Å². The van der Waals surface area contributed by atoms with E-state index in [-0.39, 0.29) is 22.9 Å². The van der Waals surface area contributed by atoms with Gasteiger partial charge in [-0.25, -0.2) is 4.79 Å². The number of esters is 1. The highest BCUT2D eigenvalue weighted by Gasteiger charge is 2.13. The summed E-state index contributed by atoms with van der Waals surface area (Å²) in [6.45, 7) is 2.15. The summed E-state index contributed by atoms with van der Waals surface area (Å²) in [5, 5.41) is 12.5. The number of phenols is 1. The number of methoxy groups -OCH3 is 1. The summed E-state index contributed by atoms with van der Waals surface area (Å²) in [6, 6.07) is 7.78. The molecule has 0 aliphatic carbocycles. The number of ether oxygens (including phenoxy) is 1. The van der Waals surface area contributed by atoms with Gasteiger partial charge in [-0.3, -0.25) is 9.78 Å². The zero-order valence-electron chi connectivity index (χ0n) is 14.4. The zero-order valence-corrected chi connectivity index (χ0v) is 14.4. The Balaban J connectivity index is 2.02. The second-order valence-corrected chi connectivity index (χ2v) is 5.69. The van der Waals surface area contributed by atoms with E-state index in [2.05, 4.69) is 22.0 Å². The van der Waals surface area contributed by atoms with E-state index in [1.54, 1.807) is 12.3 Å². The van der Waals surface area contributed by atoms with Crippen LogP contribution in [0.15, 0.2) is 36.5 Å². The van der Waals surface area contributed by atoms with Crippen molar-refractivity contribution in [3.8, 4) is 5.75 Å². The SMILES string of the molecule is CCCCCc1ccc(C(=O)Nc2ccc(C(=O)OC)c(O)c2)nc1. The third-order valence-corrected chi connectivity index (χ3v) is 3.79. The molecular weight excluding hydrogens is 320 g/mol. The van der Waals surface area contributed by atoms with Gasteiger partial charge in [0.2, 0.25) is 0 Å². The van der Waals surface area contributed by atoms with Crippen molar-refractivity contribution in [2.75, 3.05) is 12.4 Å². The summed E-state index contributed by atoms with van der Waals surface area (Å²) in [7, 11) is 1.23. The lowest BCUT2D eigenvalue weighted by molar-refractivity contribution is 0.0597. The molecular formula is C19H22N2O4. The van der Waals surface area contributed by atoms with E-state index < -0.39 is 5.97 Å². The maximum absolute atomic E-state index is 12.2. The number of unbranched alkanes of at least 4 members (excludes halogenated alkanes) is 2. The number of aryl methyl sites for hydroxylation is 1. The lowest BCUT2D eigenvalue weighted by Crippen LogP contribution is -2.14. The number of carbonyl (C=O) groups excluding carboxylic acids is 2. The summed E-state index contributed by atoms with van der Waals surface area (Å²) in [5.41, 5.74) is 1.79. The Labute approximate surface area is 146 Å². The van der Waals surface area contributed by atoms with Gasteiger partial charge in [0.1, 0.15) is 17.0 Å². The molecule has 0 aliphatic heterocycles. The van der Waals surface area contributed by atoms with Crippen molar-refractivity contribution >= 4 is 17.6 Å². The highest BCUT2D eigenvalue weighted by atomic mass is 16.5. The first-order valence-electron chi connectivity index (χ1n) is 8.22. The van der Waals surface area contributed by atoms with Crippen molar-refractivity contribution in [3.05, 3.63) is 53.3 Å². The molecule has 0 saturated carbocycles. The van der Waals surface area contributed by atoms with Crippen LogP contribution in [-0.2, 0) is 11.2 Å². The van der Waals surface area contributed by atoms with Crippen molar-refractivity contribution in [1.82, 2.24) is 4.98 Å². The van der Waals surface area contributed by atoms with Crippen LogP contribution < -0.4 is 5.32 Å². The van der Waals surface area contributed by atoms with Crippen molar-refractivity contribution in [1.29, 1.82) is 0 Å². The second kappa shape index (κ2) is 8.82. The number of aromatic hydroxyl groups is 1. The average molecular weight is 342 g/mol. The van der Waals surface area contributed by atoms with Gasteiger partial charge in [-0.05, 0) is 36.6 Å². The van der Waals surface area contributed by atoms with Gasteiger partial charge < -0.3 is 15.2 Å². The Kier molecular flexibility index (Phi) is 6.51. The number of nitrogens with one attached hydrogen (secondary N) is 1. The molecule has 0 radical (unpaired) electrons. The van der Waals surface area contributed by atoms with Gasteiger partial charge in [-0.15, -0.1) is 0 Å². The number of carbonyl (C=O) groups is 2. The van der Waals surface area contributed by atoms with Gasteiger partial charge in [0, 0.05) is 18.0 Å². The van der Waals surface area contributed by atoms with Crippen molar-refractivity contribution in [2.24, 2.45) is 0 Å². The average Bonchev–Trinajstić information content (AvgIpc) is 2.62. The maximum Gasteiger partial charge on any atom is 0.341 e. The minimum atomic E-state index is -0.643. The quantitative estimate of drug-likeness (QED) is 0.593. The molecule has 25 heavy (non-hydrogen) atoms. The highest BCUT2D eigenvalue weighted by molar-refractivity contribution is 6.03. The smallest absolute Gasteiger partial charge is 0.341 e. The number of phenolic OH excluding ortho intramolecular Hbond substituents is 1. The Morgan fingerprint density at radius 2 is 2.00 bits per heavy atom.